The molecule has 0 saturated carbocycles. The number of hydrogen-bond donors (Lipinski definition) is 1. The monoisotopic (exact) mass is 358 g/mol. The average molecular weight is 359 g/mol. The van der Waals surface area contributed by atoms with Crippen LogP contribution in [0.25, 0.3) is 0 Å². The van der Waals surface area contributed by atoms with E-state index in [0.29, 0.717) is 6.42 Å². The highest BCUT2D eigenvalue weighted by Crippen LogP contribution is 2.12. The van der Waals surface area contributed by atoms with Crippen LogP contribution in [0.2, 0.25) is 0 Å². The van der Waals surface area contributed by atoms with Crippen LogP contribution in [0, 0.1) is 13.8 Å². The molecule has 114 valence electrons. The van der Waals surface area contributed by atoms with Crippen LogP contribution in [0.1, 0.15) is 29.2 Å². The minimum absolute atomic E-state index is 0.119. The van der Waals surface area contributed by atoms with Gasteiger partial charge >= 0.3 is 0 Å². The number of amides is 1. The summed E-state index contributed by atoms with van der Waals surface area (Å²) in [4.78, 5) is 11.9. The Labute approximate surface area is 139 Å². The molecule has 1 amide bonds. The van der Waals surface area contributed by atoms with E-state index in [0.717, 1.165) is 26.9 Å². The second kappa shape index (κ2) is 7.36. The molecule has 0 aliphatic heterocycles. The van der Waals surface area contributed by atoms with E-state index in [-0.39, 0.29) is 5.91 Å². The van der Waals surface area contributed by atoms with Crippen molar-refractivity contribution in [2.24, 2.45) is 5.10 Å². The second-order valence-corrected chi connectivity index (χ2v) is 6.27. The molecule has 3 nitrogen and oxygen atoms in total. The van der Waals surface area contributed by atoms with E-state index in [4.69, 9.17) is 0 Å². The van der Waals surface area contributed by atoms with E-state index in [9.17, 15) is 4.79 Å². The lowest BCUT2D eigenvalue weighted by molar-refractivity contribution is -0.120. The molecule has 2 aromatic carbocycles. The van der Waals surface area contributed by atoms with Gasteiger partial charge in [0.25, 0.3) is 0 Å². The van der Waals surface area contributed by atoms with E-state index in [1.165, 1.54) is 5.56 Å². The number of aryl methyl sites for hydroxylation is 2. The SMILES string of the molecule is C/C(=N\NC(=O)Cc1ccc(Br)cc1)c1ccc(C)cc1C. The number of nitrogens with one attached hydrogen (secondary N) is 1. The Balaban J connectivity index is 2.00. The molecule has 22 heavy (non-hydrogen) atoms. The van der Waals surface area contributed by atoms with Gasteiger partial charge in [0.15, 0.2) is 0 Å². The fourth-order valence-electron chi connectivity index (χ4n) is 2.25. The van der Waals surface area contributed by atoms with Crippen LogP contribution in [-0.2, 0) is 11.2 Å². The van der Waals surface area contributed by atoms with E-state index < -0.39 is 0 Å². The number of rotatable bonds is 4. The van der Waals surface area contributed by atoms with Gasteiger partial charge in [-0.25, -0.2) is 5.43 Å². The zero-order valence-corrected chi connectivity index (χ0v) is 14.6. The molecule has 0 bridgehead atoms. The Bertz CT molecular complexity index is 706. The second-order valence-electron chi connectivity index (χ2n) is 5.35. The van der Waals surface area contributed by atoms with Gasteiger partial charge in [-0.1, -0.05) is 51.8 Å². The fourth-order valence-corrected chi connectivity index (χ4v) is 2.52. The van der Waals surface area contributed by atoms with Crippen molar-refractivity contribution in [2.75, 3.05) is 0 Å². The maximum atomic E-state index is 11.9. The van der Waals surface area contributed by atoms with Gasteiger partial charge in [0.05, 0.1) is 12.1 Å². The Hall–Kier alpha value is -1.94. The van der Waals surface area contributed by atoms with Gasteiger partial charge < -0.3 is 0 Å². The zero-order valence-electron chi connectivity index (χ0n) is 13.0. The van der Waals surface area contributed by atoms with Gasteiger partial charge in [0.1, 0.15) is 0 Å². The highest BCUT2D eigenvalue weighted by molar-refractivity contribution is 9.10. The minimum atomic E-state index is -0.119. The van der Waals surface area contributed by atoms with E-state index >= 15 is 0 Å². The van der Waals surface area contributed by atoms with Gasteiger partial charge in [-0.15, -0.1) is 0 Å². The van der Waals surface area contributed by atoms with Crippen molar-refractivity contribution >= 4 is 27.5 Å². The predicted octanol–water partition coefficient (Wildman–Crippen LogP) is 4.15. The topological polar surface area (TPSA) is 41.5 Å². The van der Waals surface area contributed by atoms with Crippen LogP contribution in [0.5, 0.6) is 0 Å². The van der Waals surface area contributed by atoms with Crippen molar-refractivity contribution in [1.29, 1.82) is 0 Å². The van der Waals surface area contributed by atoms with Crippen molar-refractivity contribution in [3.05, 3.63) is 69.2 Å². The maximum Gasteiger partial charge on any atom is 0.244 e. The first-order valence-corrected chi connectivity index (χ1v) is 7.90. The highest BCUT2D eigenvalue weighted by atomic mass is 79.9. The Morgan fingerprint density at radius 3 is 2.45 bits per heavy atom. The summed E-state index contributed by atoms with van der Waals surface area (Å²) in [5.41, 5.74) is 7.81. The lowest BCUT2D eigenvalue weighted by atomic mass is 10.0. The van der Waals surface area contributed by atoms with Crippen molar-refractivity contribution in [2.45, 2.75) is 27.2 Å². The van der Waals surface area contributed by atoms with Crippen LogP contribution in [0.4, 0.5) is 0 Å². The van der Waals surface area contributed by atoms with Crippen LogP contribution < -0.4 is 5.43 Å². The Morgan fingerprint density at radius 2 is 1.82 bits per heavy atom. The molecule has 0 aliphatic carbocycles. The lowest BCUT2D eigenvalue weighted by Crippen LogP contribution is -2.21. The fraction of sp³-hybridized carbons (Fsp3) is 0.222. The van der Waals surface area contributed by atoms with Crippen molar-refractivity contribution < 1.29 is 4.79 Å². The molecule has 0 fully saturated rings. The summed E-state index contributed by atoms with van der Waals surface area (Å²) >= 11 is 3.38. The number of halogens is 1. The molecule has 0 spiro atoms. The molecule has 0 aromatic heterocycles. The molecular weight excluding hydrogens is 340 g/mol. The molecule has 0 radical (unpaired) electrons. The summed E-state index contributed by atoms with van der Waals surface area (Å²) in [6.45, 7) is 6.01. The van der Waals surface area contributed by atoms with E-state index in [1.54, 1.807) is 0 Å². The minimum Gasteiger partial charge on any atom is -0.273 e. The summed E-state index contributed by atoms with van der Waals surface area (Å²) in [6, 6.07) is 13.9. The lowest BCUT2D eigenvalue weighted by Gasteiger charge is -2.07. The number of hydrogen-bond acceptors (Lipinski definition) is 2. The van der Waals surface area contributed by atoms with Gasteiger partial charge in [-0.3, -0.25) is 4.79 Å². The standard InChI is InChI=1S/C18H19BrN2O/c1-12-4-9-17(13(2)10-12)14(3)20-21-18(22)11-15-5-7-16(19)8-6-15/h4-10H,11H2,1-3H3,(H,21,22)/b20-14+. The molecule has 2 rings (SSSR count). The first kappa shape index (κ1) is 16.4. The van der Waals surface area contributed by atoms with Gasteiger partial charge in [0.2, 0.25) is 5.91 Å². The predicted molar refractivity (Wildman–Crippen MR) is 94.1 cm³/mol. The first-order chi connectivity index (χ1) is 10.5. The molecule has 0 heterocycles. The van der Waals surface area contributed by atoms with Gasteiger partial charge in [-0.05, 0) is 44.0 Å². The van der Waals surface area contributed by atoms with Crippen LogP contribution in [-0.4, -0.2) is 11.6 Å². The number of benzene rings is 2. The summed E-state index contributed by atoms with van der Waals surface area (Å²) in [6.07, 6.45) is 0.316. The number of nitrogens with zero attached hydrogens (tertiary/aromatic N) is 1. The third kappa shape index (κ3) is 4.53. The van der Waals surface area contributed by atoms with Crippen LogP contribution in [0.15, 0.2) is 52.0 Å². The Kier molecular flexibility index (Phi) is 5.50. The average Bonchev–Trinajstić information content (AvgIpc) is 2.47. The molecule has 0 saturated heterocycles. The quantitative estimate of drug-likeness (QED) is 0.647. The third-order valence-electron chi connectivity index (χ3n) is 3.40. The van der Waals surface area contributed by atoms with Crippen LogP contribution >= 0.6 is 15.9 Å². The van der Waals surface area contributed by atoms with Gasteiger partial charge in [-0.2, -0.15) is 5.10 Å². The Morgan fingerprint density at radius 1 is 1.14 bits per heavy atom. The van der Waals surface area contributed by atoms with E-state index in [1.807, 2.05) is 50.2 Å². The normalized spacial score (nSPS) is 11.4. The molecule has 4 heteroatoms. The maximum absolute atomic E-state index is 11.9. The summed E-state index contributed by atoms with van der Waals surface area (Å²) in [7, 11) is 0. The van der Waals surface area contributed by atoms with Crippen molar-refractivity contribution in [3.8, 4) is 0 Å². The third-order valence-corrected chi connectivity index (χ3v) is 3.93. The number of carbonyl (C=O) groups excluding carboxylic acids is 1. The number of hydrazone groups is 1. The molecule has 1 N–H and O–H groups in total. The first-order valence-electron chi connectivity index (χ1n) is 7.11. The van der Waals surface area contributed by atoms with Crippen LogP contribution in [0.3, 0.4) is 0 Å². The summed E-state index contributed by atoms with van der Waals surface area (Å²) in [5.74, 6) is -0.119. The molecule has 0 aliphatic rings. The zero-order chi connectivity index (χ0) is 16.1. The summed E-state index contributed by atoms with van der Waals surface area (Å²) in [5, 5.41) is 4.21. The largest absolute Gasteiger partial charge is 0.273 e. The number of carbonyl (C=O) groups is 1. The molecule has 2 aromatic rings. The van der Waals surface area contributed by atoms with Crippen molar-refractivity contribution in [3.63, 3.8) is 0 Å². The highest BCUT2D eigenvalue weighted by Gasteiger charge is 2.05. The van der Waals surface area contributed by atoms with Crippen molar-refractivity contribution in [1.82, 2.24) is 5.43 Å². The van der Waals surface area contributed by atoms with Gasteiger partial charge in [0, 0.05) is 10.0 Å². The summed E-state index contributed by atoms with van der Waals surface area (Å²) < 4.78 is 1.00. The molecular formula is C18H19BrN2O. The molecule has 0 atom stereocenters. The van der Waals surface area contributed by atoms with E-state index in [2.05, 4.69) is 39.4 Å². The smallest absolute Gasteiger partial charge is 0.244 e. The molecule has 0 unspecified atom stereocenters.